The van der Waals surface area contributed by atoms with Gasteiger partial charge >= 0.3 is 0 Å². The Morgan fingerprint density at radius 3 is 2.79 bits per heavy atom. The van der Waals surface area contributed by atoms with Gasteiger partial charge in [-0.15, -0.1) is 0 Å². The summed E-state index contributed by atoms with van der Waals surface area (Å²) in [6.07, 6.45) is 0.252. The van der Waals surface area contributed by atoms with Crippen LogP contribution in [0.4, 0.5) is 4.39 Å². The Morgan fingerprint density at radius 2 is 2.10 bits per heavy atom. The molecule has 3 heterocycles. The Balaban J connectivity index is 1.56. The summed E-state index contributed by atoms with van der Waals surface area (Å²) in [5.74, 6) is -0.553. The first-order valence-electron chi connectivity index (χ1n) is 10.0. The van der Waals surface area contributed by atoms with E-state index in [1.165, 1.54) is 4.90 Å². The monoisotopic (exact) mass is 402 g/mol. The Bertz CT molecular complexity index is 904. The van der Waals surface area contributed by atoms with Crippen molar-refractivity contribution in [1.82, 2.24) is 20.1 Å². The highest BCUT2D eigenvalue weighted by Gasteiger charge is 2.51. The van der Waals surface area contributed by atoms with E-state index in [-0.39, 0.29) is 37.4 Å². The van der Waals surface area contributed by atoms with Crippen LogP contribution in [0.15, 0.2) is 28.7 Å². The number of oxazole rings is 1. The molecule has 2 fully saturated rings. The number of carbonyl (C=O) groups excluding carboxylic acids is 2. The Hall–Kier alpha value is -2.48. The average molecular weight is 402 g/mol. The predicted molar refractivity (Wildman–Crippen MR) is 106 cm³/mol. The van der Waals surface area contributed by atoms with Crippen LogP contribution in [0.3, 0.4) is 0 Å². The number of amides is 2. The average Bonchev–Trinajstić information content (AvgIpc) is 3.26. The third kappa shape index (κ3) is 3.73. The van der Waals surface area contributed by atoms with Crippen LogP contribution in [0, 0.1) is 0 Å². The lowest BCUT2D eigenvalue weighted by Crippen LogP contribution is -2.62. The minimum Gasteiger partial charge on any atom is -0.441 e. The number of aromatic nitrogens is 1. The number of halogens is 1. The number of rotatable bonds is 3. The van der Waals surface area contributed by atoms with E-state index < -0.39 is 17.6 Å². The van der Waals surface area contributed by atoms with Crippen LogP contribution < -0.4 is 5.32 Å². The molecule has 0 bridgehead atoms. The summed E-state index contributed by atoms with van der Waals surface area (Å²) in [5, 5.41) is 2.77. The van der Waals surface area contributed by atoms with Crippen LogP contribution in [0.25, 0.3) is 11.1 Å². The highest BCUT2D eigenvalue weighted by atomic mass is 19.1. The number of likely N-dealkylation sites (tertiary alicyclic amines) is 1. The quantitative estimate of drug-likeness (QED) is 0.849. The number of piperazine rings is 1. The number of fused-ring (bicyclic) bond motifs is 1. The van der Waals surface area contributed by atoms with Gasteiger partial charge in [0.1, 0.15) is 11.6 Å². The summed E-state index contributed by atoms with van der Waals surface area (Å²) in [6, 6.07) is 6.48. The summed E-state index contributed by atoms with van der Waals surface area (Å²) in [6.45, 7) is 7.17. The minimum absolute atomic E-state index is 0.0447. The van der Waals surface area contributed by atoms with E-state index in [1.807, 2.05) is 43.9 Å². The molecule has 0 spiro atoms. The van der Waals surface area contributed by atoms with Gasteiger partial charge in [0.05, 0.1) is 6.42 Å². The Kier molecular flexibility index (Phi) is 4.85. The van der Waals surface area contributed by atoms with Gasteiger partial charge in [0, 0.05) is 38.1 Å². The molecular formula is C21H27FN4O3. The van der Waals surface area contributed by atoms with Gasteiger partial charge in [-0.1, -0.05) is 12.1 Å². The molecule has 1 aromatic heterocycles. The molecule has 7 nitrogen and oxygen atoms in total. The fourth-order valence-electron chi connectivity index (χ4n) is 4.11. The van der Waals surface area contributed by atoms with Gasteiger partial charge in [-0.05, 0) is 32.9 Å². The molecule has 2 aliphatic rings. The summed E-state index contributed by atoms with van der Waals surface area (Å²) in [7, 11) is 0. The maximum atomic E-state index is 15.7. The van der Waals surface area contributed by atoms with Crippen molar-refractivity contribution in [3.05, 3.63) is 30.2 Å². The summed E-state index contributed by atoms with van der Waals surface area (Å²) < 4.78 is 21.4. The van der Waals surface area contributed by atoms with E-state index in [0.29, 0.717) is 30.1 Å². The molecule has 156 valence electrons. The lowest BCUT2D eigenvalue weighted by molar-refractivity contribution is -0.152. The SMILES string of the molecule is CC(C)(C)N1CCC(F)(C(=O)N2CCNC(=O)C2Cc2nc3ccccc3o2)C1. The van der Waals surface area contributed by atoms with Gasteiger partial charge in [-0.3, -0.25) is 14.5 Å². The Labute approximate surface area is 169 Å². The van der Waals surface area contributed by atoms with E-state index in [0.717, 1.165) is 0 Å². The lowest BCUT2D eigenvalue weighted by atomic mass is 9.99. The maximum absolute atomic E-state index is 15.7. The lowest BCUT2D eigenvalue weighted by Gasteiger charge is -2.38. The molecule has 2 atom stereocenters. The van der Waals surface area contributed by atoms with Crippen molar-refractivity contribution < 1.29 is 18.4 Å². The van der Waals surface area contributed by atoms with Crippen molar-refractivity contribution >= 4 is 22.9 Å². The standard InChI is InChI=1S/C21H27FN4O3/c1-20(2,3)25-10-8-21(22,13-25)19(28)26-11-9-23-18(27)15(26)12-17-24-14-6-4-5-7-16(14)29-17/h4-7,15H,8-13H2,1-3H3,(H,23,27). The van der Waals surface area contributed by atoms with E-state index in [9.17, 15) is 9.59 Å². The van der Waals surface area contributed by atoms with Crippen LogP contribution in [-0.2, 0) is 16.0 Å². The first-order chi connectivity index (χ1) is 13.7. The number of alkyl halides is 1. The molecule has 0 radical (unpaired) electrons. The number of nitrogens with zero attached hydrogens (tertiary/aromatic N) is 3. The van der Waals surface area contributed by atoms with Gasteiger partial charge in [0.15, 0.2) is 11.5 Å². The number of para-hydroxylation sites is 2. The minimum atomic E-state index is -1.98. The van der Waals surface area contributed by atoms with Crippen molar-refractivity contribution in [2.45, 2.75) is 50.9 Å². The molecular weight excluding hydrogens is 375 g/mol. The first kappa shape index (κ1) is 19.8. The van der Waals surface area contributed by atoms with Crippen molar-refractivity contribution in [2.24, 2.45) is 0 Å². The van der Waals surface area contributed by atoms with Crippen LogP contribution >= 0.6 is 0 Å². The normalized spacial score (nSPS) is 26.1. The zero-order chi connectivity index (χ0) is 20.8. The van der Waals surface area contributed by atoms with Gasteiger partial charge in [0.2, 0.25) is 11.6 Å². The third-order valence-electron chi connectivity index (χ3n) is 5.85. The first-order valence-corrected chi connectivity index (χ1v) is 10.0. The van der Waals surface area contributed by atoms with Gasteiger partial charge in [0.25, 0.3) is 5.91 Å². The molecule has 2 saturated heterocycles. The number of hydrogen-bond acceptors (Lipinski definition) is 5. The highest BCUT2D eigenvalue weighted by Crippen LogP contribution is 2.33. The molecule has 2 aromatic rings. The fourth-order valence-corrected chi connectivity index (χ4v) is 4.11. The van der Waals surface area contributed by atoms with E-state index in [4.69, 9.17) is 4.42 Å². The summed E-state index contributed by atoms with van der Waals surface area (Å²) in [5.41, 5.74) is -0.888. The highest BCUT2D eigenvalue weighted by molar-refractivity contribution is 5.93. The van der Waals surface area contributed by atoms with Crippen LogP contribution in [-0.4, -0.2) is 70.0 Å². The van der Waals surface area contributed by atoms with E-state index >= 15 is 4.39 Å². The Morgan fingerprint density at radius 1 is 1.34 bits per heavy atom. The molecule has 1 N–H and O–H groups in total. The second kappa shape index (κ2) is 7.09. The van der Waals surface area contributed by atoms with Crippen LogP contribution in [0.5, 0.6) is 0 Å². The molecule has 0 saturated carbocycles. The molecule has 8 heteroatoms. The smallest absolute Gasteiger partial charge is 0.262 e. The summed E-state index contributed by atoms with van der Waals surface area (Å²) in [4.78, 5) is 33.5. The van der Waals surface area contributed by atoms with Gasteiger partial charge in [-0.2, -0.15) is 0 Å². The molecule has 29 heavy (non-hydrogen) atoms. The number of carbonyl (C=O) groups is 2. The zero-order valence-corrected chi connectivity index (χ0v) is 17.1. The maximum Gasteiger partial charge on any atom is 0.262 e. The molecule has 4 rings (SSSR count). The largest absolute Gasteiger partial charge is 0.441 e. The molecule has 2 amide bonds. The zero-order valence-electron chi connectivity index (χ0n) is 17.1. The van der Waals surface area contributed by atoms with E-state index in [2.05, 4.69) is 10.3 Å². The summed E-state index contributed by atoms with van der Waals surface area (Å²) >= 11 is 0. The molecule has 2 unspecified atom stereocenters. The van der Waals surface area contributed by atoms with Crippen molar-refractivity contribution in [1.29, 1.82) is 0 Å². The van der Waals surface area contributed by atoms with Gasteiger partial charge < -0.3 is 14.6 Å². The molecule has 0 aliphatic carbocycles. The second-order valence-electron chi connectivity index (χ2n) is 8.89. The third-order valence-corrected chi connectivity index (χ3v) is 5.85. The van der Waals surface area contributed by atoms with Crippen molar-refractivity contribution in [3.8, 4) is 0 Å². The van der Waals surface area contributed by atoms with Crippen molar-refractivity contribution in [3.63, 3.8) is 0 Å². The number of benzene rings is 1. The number of hydrogen-bond donors (Lipinski definition) is 1. The predicted octanol–water partition coefficient (Wildman–Crippen LogP) is 1.91. The molecule has 1 aromatic carbocycles. The van der Waals surface area contributed by atoms with Crippen LogP contribution in [0.1, 0.15) is 33.1 Å². The molecule has 2 aliphatic heterocycles. The van der Waals surface area contributed by atoms with E-state index in [1.54, 1.807) is 6.07 Å². The topological polar surface area (TPSA) is 78.7 Å². The van der Waals surface area contributed by atoms with Crippen molar-refractivity contribution in [2.75, 3.05) is 26.2 Å². The van der Waals surface area contributed by atoms with Gasteiger partial charge in [-0.25, -0.2) is 9.37 Å². The second-order valence-corrected chi connectivity index (χ2v) is 8.89. The fraction of sp³-hybridized carbons (Fsp3) is 0.571. The van der Waals surface area contributed by atoms with Crippen LogP contribution in [0.2, 0.25) is 0 Å². The number of nitrogens with one attached hydrogen (secondary N) is 1.